The maximum absolute atomic E-state index is 8.89. The molecule has 0 aliphatic carbocycles. The van der Waals surface area contributed by atoms with Crippen LogP contribution in [0.15, 0.2) is 48.9 Å². The van der Waals surface area contributed by atoms with Crippen LogP contribution in [0.3, 0.4) is 0 Å². The van der Waals surface area contributed by atoms with E-state index in [0.717, 1.165) is 55.2 Å². The molecule has 9 heteroatoms. The van der Waals surface area contributed by atoms with Crippen LogP contribution >= 0.6 is 0 Å². The van der Waals surface area contributed by atoms with Crippen molar-refractivity contribution in [2.45, 2.75) is 26.4 Å². The Hall–Kier alpha value is -3.74. The quantitative estimate of drug-likeness (QED) is 0.458. The minimum atomic E-state index is 0.203. The minimum absolute atomic E-state index is 0.203. The first kappa shape index (κ1) is 24.9. The normalized spacial score (nSPS) is 14.8. The average molecular weight is 462 g/mol. The predicted molar refractivity (Wildman–Crippen MR) is 133 cm³/mol. The zero-order chi connectivity index (χ0) is 24.2. The molecule has 1 atom stereocenters. The molecular weight excluding hydrogens is 430 g/mol. The molecule has 3 N–H and O–H groups in total. The first-order valence-corrected chi connectivity index (χ1v) is 11.4. The highest BCUT2D eigenvalue weighted by molar-refractivity contribution is 5.79. The molecule has 0 bridgehead atoms. The lowest BCUT2D eigenvalue weighted by atomic mass is 10.1. The zero-order valence-electron chi connectivity index (χ0n) is 19.8. The highest BCUT2D eigenvalue weighted by Crippen LogP contribution is 2.31. The van der Waals surface area contributed by atoms with Gasteiger partial charge in [-0.05, 0) is 24.1 Å². The van der Waals surface area contributed by atoms with Crippen LogP contribution in [0.1, 0.15) is 26.0 Å². The lowest BCUT2D eigenvalue weighted by Gasteiger charge is -2.24. The number of nitrogens with zero attached hydrogens (tertiary/aromatic N) is 4. The molecule has 1 aliphatic heterocycles. The summed E-state index contributed by atoms with van der Waals surface area (Å²) in [4.78, 5) is 12.8. The van der Waals surface area contributed by atoms with Crippen molar-refractivity contribution >= 4 is 17.3 Å². The molecule has 0 amide bonds. The van der Waals surface area contributed by atoms with Gasteiger partial charge in [-0.3, -0.25) is 0 Å². The number of ether oxygens (including phenoxy) is 2. The molecule has 9 nitrogen and oxygen atoms in total. The van der Waals surface area contributed by atoms with E-state index in [2.05, 4.69) is 30.9 Å². The van der Waals surface area contributed by atoms with Crippen LogP contribution in [0.4, 0.5) is 17.3 Å². The van der Waals surface area contributed by atoms with Gasteiger partial charge in [0.25, 0.3) is 0 Å². The smallest absolute Gasteiger partial charge is 0.158 e. The van der Waals surface area contributed by atoms with E-state index in [1.54, 1.807) is 7.11 Å². The van der Waals surface area contributed by atoms with Gasteiger partial charge in [0, 0.05) is 43.1 Å². The molecular formula is C25H31N7O2. The fourth-order valence-electron chi connectivity index (χ4n) is 3.43. The minimum Gasteiger partial charge on any atom is -0.497 e. The Labute approximate surface area is 200 Å². The number of nitrogens with one attached hydrogen (secondary N) is 3. The molecule has 178 valence electrons. The van der Waals surface area contributed by atoms with Crippen LogP contribution < -0.4 is 20.7 Å². The van der Waals surface area contributed by atoms with Crippen molar-refractivity contribution in [1.29, 1.82) is 5.26 Å². The summed E-state index contributed by atoms with van der Waals surface area (Å²) < 4.78 is 11.1. The van der Waals surface area contributed by atoms with Crippen LogP contribution in [-0.2, 0) is 4.74 Å². The second kappa shape index (κ2) is 13.1. The molecule has 1 saturated heterocycles. The van der Waals surface area contributed by atoms with Gasteiger partial charge in [-0.15, -0.1) is 0 Å². The van der Waals surface area contributed by atoms with Crippen molar-refractivity contribution in [2.24, 2.45) is 0 Å². The van der Waals surface area contributed by atoms with E-state index in [-0.39, 0.29) is 11.8 Å². The Kier molecular flexibility index (Phi) is 9.58. The molecule has 2 aromatic heterocycles. The van der Waals surface area contributed by atoms with Gasteiger partial charge < -0.3 is 25.4 Å². The van der Waals surface area contributed by atoms with Gasteiger partial charge in [0.2, 0.25) is 0 Å². The Morgan fingerprint density at radius 2 is 1.91 bits per heavy atom. The largest absolute Gasteiger partial charge is 0.497 e. The Morgan fingerprint density at radius 1 is 1.12 bits per heavy atom. The zero-order valence-corrected chi connectivity index (χ0v) is 19.8. The summed E-state index contributed by atoms with van der Waals surface area (Å²) in [6.07, 6.45) is 5.85. The van der Waals surface area contributed by atoms with Gasteiger partial charge in [-0.1, -0.05) is 26.0 Å². The van der Waals surface area contributed by atoms with Crippen molar-refractivity contribution in [1.82, 2.24) is 20.3 Å². The maximum atomic E-state index is 8.89. The van der Waals surface area contributed by atoms with Crippen molar-refractivity contribution in [2.75, 3.05) is 44.0 Å². The number of benzene rings is 1. The van der Waals surface area contributed by atoms with Gasteiger partial charge in [0.1, 0.15) is 23.5 Å². The van der Waals surface area contributed by atoms with Crippen molar-refractivity contribution in [3.63, 3.8) is 0 Å². The number of hydrogen-bond acceptors (Lipinski definition) is 9. The summed E-state index contributed by atoms with van der Waals surface area (Å²) in [5.74, 6) is 1.94. The summed E-state index contributed by atoms with van der Waals surface area (Å²) in [5.41, 5.74) is 3.21. The number of aromatic nitrogens is 3. The van der Waals surface area contributed by atoms with Crippen LogP contribution in [0.25, 0.3) is 11.1 Å². The maximum Gasteiger partial charge on any atom is 0.158 e. The van der Waals surface area contributed by atoms with Crippen molar-refractivity contribution in [3.05, 3.63) is 54.6 Å². The Morgan fingerprint density at radius 3 is 2.56 bits per heavy atom. The first-order chi connectivity index (χ1) is 16.7. The monoisotopic (exact) mass is 461 g/mol. The second-order valence-corrected chi connectivity index (χ2v) is 7.28. The third-order valence-corrected chi connectivity index (χ3v) is 5.11. The highest BCUT2D eigenvalue weighted by Gasteiger charge is 2.14. The van der Waals surface area contributed by atoms with E-state index in [9.17, 15) is 0 Å². The molecule has 3 heterocycles. The van der Waals surface area contributed by atoms with E-state index in [0.29, 0.717) is 11.6 Å². The second-order valence-electron chi connectivity index (χ2n) is 7.28. The number of rotatable bonds is 8. The van der Waals surface area contributed by atoms with Gasteiger partial charge in [-0.25, -0.2) is 15.0 Å². The number of methoxy groups -OCH3 is 1. The van der Waals surface area contributed by atoms with E-state index in [1.807, 2.05) is 56.4 Å². The summed E-state index contributed by atoms with van der Waals surface area (Å²) in [6, 6.07) is 11.8. The van der Waals surface area contributed by atoms with Crippen LogP contribution in [0.2, 0.25) is 0 Å². The molecule has 1 aliphatic rings. The summed E-state index contributed by atoms with van der Waals surface area (Å²) >= 11 is 0. The average Bonchev–Trinajstić information content (AvgIpc) is 2.91. The number of pyridine rings is 1. The lowest BCUT2D eigenvalue weighted by Crippen LogP contribution is -2.39. The summed E-state index contributed by atoms with van der Waals surface area (Å²) in [6.45, 7) is 7.28. The molecule has 4 rings (SSSR count). The fraction of sp³-hybridized carbons (Fsp3) is 0.360. The summed E-state index contributed by atoms with van der Waals surface area (Å²) in [7, 11) is 1.65. The predicted octanol–water partition coefficient (Wildman–Crippen LogP) is 3.98. The molecule has 0 saturated carbocycles. The van der Waals surface area contributed by atoms with Crippen LogP contribution in [0, 0.1) is 11.3 Å². The van der Waals surface area contributed by atoms with Crippen LogP contribution in [-0.4, -0.2) is 54.4 Å². The summed E-state index contributed by atoms with van der Waals surface area (Å²) in [5, 5.41) is 18.9. The number of hydrogen-bond donors (Lipinski definition) is 3. The van der Waals surface area contributed by atoms with Gasteiger partial charge in [0.05, 0.1) is 32.2 Å². The molecule has 1 aromatic carbocycles. The number of morpholine rings is 1. The molecule has 0 spiro atoms. The van der Waals surface area contributed by atoms with Crippen molar-refractivity contribution in [3.8, 4) is 22.9 Å². The molecule has 34 heavy (non-hydrogen) atoms. The van der Waals surface area contributed by atoms with Crippen molar-refractivity contribution < 1.29 is 9.47 Å². The molecule has 1 unspecified atom stereocenters. The van der Waals surface area contributed by atoms with E-state index in [1.165, 1.54) is 12.4 Å². The molecule has 0 radical (unpaired) electrons. The topological polar surface area (TPSA) is 117 Å². The van der Waals surface area contributed by atoms with E-state index >= 15 is 0 Å². The fourth-order valence-corrected chi connectivity index (χ4v) is 3.43. The van der Waals surface area contributed by atoms with E-state index < -0.39 is 0 Å². The van der Waals surface area contributed by atoms with Gasteiger partial charge >= 0.3 is 0 Å². The van der Waals surface area contributed by atoms with Gasteiger partial charge in [-0.2, -0.15) is 5.26 Å². The number of anilines is 3. The SMILES string of the molecule is CC.COc1ccc(-c2cnc(Nc3cnc(C#N)cn3)cc2NCCC2CNCCO2)cc1. The lowest BCUT2D eigenvalue weighted by molar-refractivity contribution is 0.0258. The Balaban J connectivity index is 0.00000158. The molecule has 1 fully saturated rings. The van der Waals surface area contributed by atoms with E-state index in [4.69, 9.17) is 14.7 Å². The third kappa shape index (κ3) is 6.88. The van der Waals surface area contributed by atoms with Crippen LogP contribution in [0.5, 0.6) is 5.75 Å². The number of nitriles is 1. The molecule has 3 aromatic rings. The Bertz CT molecular complexity index is 1060. The third-order valence-electron chi connectivity index (χ3n) is 5.11. The highest BCUT2D eigenvalue weighted by atomic mass is 16.5. The van der Waals surface area contributed by atoms with Gasteiger partial charge in [0.15, 0.2) is 5.69 Å². The first-order valence-electron chi connectivity index (χ1n) is 11.4. The standard InChI is InChI=1S/C23H25N7O2.C2H6/c1-31-18-4-2-16(3-5-18)20-14-29-22(30-23-15-27-17(11-24)12-28-23)10-21(20)26-7-6-19-13-25-8-9-32-19;1-2/h2-5,10,12,14-15,19,25H,6-9,13H2,1H3,(H2,26,28,29,30);1-2H3.